The van der Waals surface area contributed by atoms with Crippen molar-refractivity contribution in [3.05, 3.63) is 59.7 Å². The zero-order chi connectivity index (χ0) is 27.3. The lowest BCUT2D eigenvalue weighted by Crippen LogP contribution is -2.40. The summed E-state index contributed by atoms with van der Waals surface area (Å²) < 4.78 is 70.2. The summed E-state index contributed by atoms with van der Waals surface area (Å²) in [6.07, 6.45) is -4.46. The number of thioether (sulfide) groups is 1. The van der Waals surface area contributed by atoms with E-state index in [2.05, 4.69) is 20.8 Å². The van der Waals surface area contributed by atoms with Crippen LogP contribution in [0.2, 0.25) is 0 Å². The molecule has 0 radical (unpaired) electrons. The molecular weight excluding hydrogens is 567 g/mol. The van der Waals surface area contributed by atoms with Crippen LogP contribution >= 0.6 is 23.1 Å². The second-order valence-corrected chi connectivity index (χ2v) is 11.9. The van der Waals surface area contributed by atoms with Gasteiger partial charge >= 0.3 is 6.18 Å². The average molecular weight is 588 g/mol. The molecule has 38 heavy (non-hydrogen) atoms. The van der Waals surface area contributed by atoms with Crippen LogP contribution in [0.5, 0.6) is 0 Å². The highest BCUT2D eigenvalue weighted by Crippen LogP contribution is 2.30. The number of nitrogens with zero attached hydrogens (tertiary/aromatic N) is 3. The molecule has 1 saturated heterocycles. The van der Waals surface area contributed by atoms with Crippen molar-refractivity contribution in [1.82, 2.24) is 14.5 Å². The van der Waals surface area contributed by atoms with Gasteiger partial charge in [0.05, 0.1) is 29.4 Å². The van der Waals surface area contributed by atoms with Crippen molar-refractivity contribution < 1.29 is 35.9 Å². The van der Waals surface area contributed by atoms with Crippen LogP contribution in [0.25, 0.3) is 0 Å². The summed E-state index contributed by atoms with van der Waals surface area (Å²) in [6, 6.07) is 9.57. The summed E-state index contributed by atoms with van der Waals surface area (Å²) in [7, 11) is -3.68. The predicted octanol–water partition coefficient (Wildman–Crippen LogP) is 3.56. The van der Waals surface area contributed by atoms with Crippen LogP contribution in [-0.2, 0) is 25.7 Å². The molecule has 2 aromatic carbocycles. The van der Waals surface area contributed by atoms with Gasteiger partial charge in [0.2, 0.25) is 21.1 Å². The highest BCUT2D eigenvalue weighted by molar-refractivity contribution is 8.01. The first-order valence-electron chi connectivity index (χ1n) is 10.9. The lowest BCUT2D eigenvalue weighted by Gasteiger charge is -2.26. The van der Waals surface area contributed by atoms with Gasteiger partial charge in [0.1, 0.15) is 0 Å². The van der Waals surface area contributed by atoms with E-state index < -0.39 is 33.6 Å². The Bertz CT molecular complexity index is 1390. The summed E-state index contributed by atoms with van der Waals surface area (Å²) >= 11 is 2.06. The van der Waals surface area contributed by atoms with E-state index in [1.54, 1.807) is 0 Å². The third kappa shape index (κ3) is 7.08. The van der Waals surface area contributed by atoms with Crippen LogP contribution < -0.4 is 10.6 Å². The minimum atomic E-state index is -4.46. The number of alkyl halides is 3. The second-order valence-electron chi connectivity index (χ2n) is 7.78. The number of aromatic nitrogens is 2. The van der Waals surface area contributed by atoms with E-state index in [9.17, 15) is 31.2 Å². The van der Waals surface area contributed by atoms with Crippen molar-refractivity contribution >= 4 is 55.8 Å². The van der Waals surface area contributed by atoms with Gasteiger partial charge in [-0.3, -0.25) is 14.9 Å². The van der Waals surface area contributed by atoms with Crippen molar-refractivity contribution in [2.75, 3.05) is 42.7 Å². The van der Waals surface area contributed by atoms with Crippen molar-refractivity contribution in [3.8, 4) is 0 Å². The Morgan fingerprint density at radius 2 is 1.66 bits per heavy atom. The molecule has 0 unspecified atom stereocenters. The maximum absolute atomic E-state index is 12.7. The molecular formula is C22H20F3N5O5S3. The molecule has 0 saturated carbocycles. The zero-order valence-corrected chi connectivity index (χ0v) is 21.8. The molecule has 1 aliphatic rings. The second kappa shape index (κ2) is 11.8. The number of amides is 2. The molecule has 202 valence electrons. The number of hydrogen-bond donors (Lipinski definition) is 2. The number of ether oxygens (including phenoxy) is 1. The fourth-order valence-corrected chi connectivity index (χ4v) is 6.22. The molecule has 0 spiro atoms. The third-order valence-corrected chi connectivity index (χ3v) is 9.06. The monoisotopic (exact) mass is 587 g/mol. The van der Waals surface area contributed by atoms with Gasteiger partial charge < -0.3 is 10.1 Å². The number of hydrogen-bond acceptors (Lipinski definition) is 9. The molecule has 1 aromatic heterocycles. The Hall–Kier alpha value is -3.05. The Labute approximate surface area is 223 Å². The molecule has 2 heterocycles. The molecule has 0 bridgehead atoms. The number of carbonyl (C=O) groups excluding carboxylic acids is 2. The predicted molar refractivity (Wildman–Crippen MR) is 135 cm³/mol. The van der Waals surface area contributed by atoms with E-state index in [0.29, 0.717) is 17.6 Å². The number of rotatable bonds is 8. The Kier molecular flexibility index (Phi) is 8.67. The summed E-state index contributed by atoms with van der Waals surface area (Å²) in [5.74, 6) is -1.06. The van der Waals surface area contributed by atoms with Gasteiger partial charge in [0, 0.05) is 24.3 Å². The summed E-state index contributed by atoms with van der Waals surface area (Å²) in [6.45, 7) is 1.18. The van der Waals surface area contributed by atoms with E-state index in [1.807, 2.05) is 0 Å². The quantitative estimate of drug-likeness (QED) is 0.302. The number of anilines is 2. The standard InChI is InChI=1S/C22H20F3N5O5S3/c23-22(24,25)15-3-5-16(6-4-15)26-18(31)13-36-21-29-28-20(37-21)27-19(32)14-1-7-17(8-2-14)38(33,34)30-9-11-35-12-10-30/h1-8H,9-13H2,(H,26,31)(H,27,28,32). The number of halogens is 3. The number of sulfonamides is 1. The molecule has 2 N–H and O–H groups in total. The smallest absolute Gasteiger partial charge is 0.379 e. The van der Waals surface area contributed by atoms with E-state index in [0.717, 1.165) is 47.4 Å². The largest absolute Gasteiger partial charge is 0.416 e. The van der Waals surface area contributed by atoms with Crippen molar-refractivity contribution in [1.29, 1.82) is 0 Å². The number of morpholine rings is 1. The van der Waals surface area contributed by atoms with Crippen LogP contribution in [0.15, 0.2) is 57.8 Å². The molecule has 0 aliphatic carbocycles. The molecule has 16 heteroatoms. The van der Waals surface area contributed by atoms with Gasteiger partial charge in [-0.15, -0.1) is 10.2 Å². The first kappa shape index (κ1) is 28.0. The summed E-state index contributed by atoms with van der Waals surface area (Å²) in [5, 5.41) is 13.0. The Morgan fingerprint density at radius 3 is 2.29 bits per heavy atom. The highest BCUT2D eigenvalue weighted by Gasteiger charge is 2.30. The number of carbonyl (C=O) groups is 2. The lowest BCUT2D eigenvalue weighted by atomic mass is 10.2. The first-order chi connectivity index (χ1) is 18.0. The first-order valence-corrected chi connectivity index (χ1v) is 14.2. The fourth-order valence-electron chi connectivity index (χ4n) is 3.27. The van der Waals surface area contributed by atoms with Crippen molar-refractivity contribution in [2.24, 2.45) is 0 Å². The fraction of sp³-hybridized carbons (Fsp3) is 0.273. The van der Waals surface area contributed by atoms with E-state index in [1.165, 1.54) is 28.6 Å². The number of benzene rings is 2. The molecule has 10 nitrogen and oxygen atoms in total. The normalized spacial score (nSPS) is 14.7. The Morgan fingerprint density at radius 1 is 1.00 bits per heavy atom. The molecule has 3 aromatic rings. The van der Waals surface area contributed by atoms with Crippen molar-refractivity contribution in [3.63, 3.8) is 0 Å². The van der Waals surface area contributed by atoms with E-state index in [-0.39, 0.29) is 40.1 Å². The minimum absolute atomic E-state index is 0.0696. The topological polar surface area (TPSA) is 131 Å². The van der Waals surface area contributed by atoms with Crippen molar-refractivity contribution in [2.45, 2.75) is 15.4 Å². The summed E-state index contributed by atoms with van der Waals surface area (Å²) in [5.41, 5.74) is -0.383. The highest BCUT2D eigenvalue weighted by atomic mass is 32.2. The van der Waals surface area contributed by atoms with Crippen LogP contribution in [0, 0.1) is 0 Å². The molecule has 1 fully saturated rings. The van der Waals surface area contributed by atoms with Crippen LogP contribution in [0.3, 0.4) is 0 Å². The average Bonchev–Trinajstić information content (AvgIpc) is 3.35. The maximum atomic E-state index is 12.7. The van der Waals surface area contributed by atoms with Crippen LogP contribution in [0.4, 0.5) is 24.0 Å². The van der Waals surface area contributed by atoms with Gasteiger partial charge in [-0.1, -0.05) is 23.1 Å². The molecule has 1 aliphatic heterocycles. The molecule has 2 amide bonds. The van der Waals surface area contributed by atoms with E-state index >= 15 is 0 Å². The molecule has 0 atom stereocenters. The van der Waals surface area contributed by atoms with Crippen LogP contribution in [-0.4, -0.2) is 66.8 Å². The number of nitrogens with one attached hydrogen (secondary N) is 2. The van der Waals surface area contributed by atoms with Gasteiger partial charge in [-0.2, -0.15) is 17.5 Å². The Balaban J connectivity index is 1.28. The van der Waals surface area contributed by atoms with Gasteiger partial charge in [-0.25, -0.2) is 8.42 Å². The maximum Gasteiger partial charge on any atom is 0.416 e. The molecule has 4 rings (SSSR count). The van der Waals surface area contributed by atoms with Gasteiger partial charge in [0.15, 0.2) is 4.34 Å². The van der Waals surface area contributed by atoms with E-state index in [4.69, 9.17) is 4.74 Å². The van der Waals surface area contributed by atoms with Gasteiger partial charge in [-0.05, 0) is 48.5 Å². The zero-order valence-electron chi connectivity index (χ0n) is 19.4. The van der Waals surface area contributed by atoms with Crippen LogP contribution in [0.1, 0.15) is 15.9 Å². The summed E-state index contributed by atoms with van der Waals surface area (Å²) in [4.78, 5) is 24.7. The third-order valence-electron chi connectivity index (χ3n) is 5.17. The van der Waals surface area contributed by atoms with Gasteiger partial charge in [0.25, 0.3) is 5.91 Å². The minimum Gasteiger partial charge on any atom is -0.379 e. The SMILES string of the molecule is O=C(CSc1nnc(NC(=O)c2ccc(S(=O)(=O)N3CCOCC3)cc2)s1)Nc1ccc(C(F)(F)F)cc1. The lowest BCUT2D eigenvalue weighted by molar-refractivity contribution is -0.137.